The maximum atomic E-state index is 13.2. The van der Waals surface area contributed by atoms with Gasteiger partial charge in [0.05, 0.1) is 31.0 Å². The minimum Gasteiger partial charge on any atom is -0.486 e. The van der Waals surface area contributed by atoms with Crippen LogP contribution < -0.4 is 9.46 Å². The highest BCUT2D eigenvalue weighted by Crippen LogP contribution is 2.42. The summed E-state index contributed by atoms with van der Waals surface area (Å²) in [6.07, 6.45) is 1.10. The molecule has 194 valence electrons. The second-order valence-electron chi connectivity index (χ2n) is 9.96. The third-order valence-corrected chi connectivity index (χ3v) is 8.64. The number of benzene rings is 2. The molecule has 2 saturated heterocycles. The fourth-order valence-corrected chi connectivity index (χ4v) is 6.14. The summed E-state index contributed by atoms with van der Waals surface area (Å²) in [4.78, 5) is 15.0. The van der Waals surface area contributed by atoms with Crippen molar-refractivity contribution < 1.29 is 27.4 Å². The zero-order valence-corrected chi connectivity index (χ0v) is 21.7. The average molecular weight is 516 g/mol. The van der Waals surface area contributed by atoms with E-state index in [-0.39, 0.29) is 23.7 Å². The van der Waals surface area contributed by atoms with Crippen LogP contribution in [-0.4, -0.2) is 81.2 Å². The summed E-state index contributed by atoms with van der Waals surface area (Å²) in [5.41, 5.74) is 2.76. The predicted molar refractivity (Wildman–Crippen MR) is 136 cm³/mol. The number of morpholine rings is 1. The van der Waals surface area contributed by atoms with E-state index in [4.69, 9.17) is 14.2 Å². The molecule has 2 heterocycles. The second kappa shape index (κ2) is 9.66. The van der Waals surface area contributed by atoms with Crippen molar-refractivity contribution in [2.24, 2.45) is 0 Å². The number of nitrogens with zero attached hydrogens (tertiary/aromatic N) is 2. The van der Waals surface area contributed by atoms with Gasteiger partial charge in [-0.2, -0.15) is 12.7 Å². The summed E-state index contributed by atoms with van der Waals surface area (Å²) in [7, 11) is -2.11. The minimum absolute atomic E-state index is 0.0511. The number of aryl methyl sites for hydroxylation is 2. The molecule has 1 amide bonds. The van der Waals surface area contributed by atoms with Crippen LogP contribution in [0, 0.1) is 13.8 Å². The van der Waals surface area contributed by atoms with Crippen molar-refractivity contribution in [3.8, 4) is 5.75 Å². The molecule has 2 aromatic carbocycles. The molecule has 1 aliphatic carbocycles. The van der Waals surface area contributed by atoms with E-state index in [0.717, 1.165) is 24.0 Å². The highest BCUT2D eigenvalue weighted by molar-refractivity contribution is 7.90. The maximum absolute atomic E-state index is 13.2. The van der Waals surface area contributed by atoms with Gasteiger partial charge in [-0.3, -0.25) is 9.52 Å². The normalized spacial score (nSPS) is 23.6. The van der Waals surface area contributed by atoms with Crippen LogP contribution in [-0.2, 0) is 19.7 Å². The van der Waals surface area contributed by atoms with Gasteiger partial charge in [0.1, 0.15) is 18.0 Å². The van der Waals surface area contributed by atoms with Gasteiger partial charge in [0.15, 0.2) is 0 Å². The number of rotatable bonds is 7. The Kier molecular flexibility index (Phi) is 6.71. The van der Waals surface area contributed by atoms with E-state index in [0.29, 0.717) is 49.8 Å². The van der Waals surface area contributed by atoms with Crippen molar-refractivity contribution in [2.75, 3.05) is 44.6 Å². The Hall–Kier alpha value is -2.66. The van der Waals surface area contributed by atoms with E-state index in [1.54, 1.807) is 36.3 Å². The fraction of sp³-hybridized carbons (Fsp3) is 0.500. The van der Waals surface area contributed by atoms with Gasteiger partial charge in [-0.25, -0.2) is 0 Å². The number of likely N-dealkylation sites (tertiary alicyclic amines) is 1. The third-order valence-electron chi connectivity index (χ3n) is 7.16. The van der Waals surface area contributed by atoms with Crippen molar-refractivity contribution >= 4 is 21.8 Å². The number of methoxy groups -OCH3 is 1. The van der Waals surface area contributed by atoms with Crippen molar-refractivity contribution in [1.82, 2.24) is 9.21 Å². The summed E-state index contributed by atoms with van der Waals surface area (Å²) >= 11 is 0. The highest BCUT2D eigenvalue weighted by Gasteiger charge is 2.49. The monoisotopic (exact) mass is 515 g/mol. The molecule has 2 aromatic rings. The first-order valence-electron chi connectivity index (χ1n) is 12.3. The van der Waals surface area contributed by atoms with Gasteiger partial charge in [-0.05, 0) is 50.5 Å². The number of nitrogens with one attached hydrogen (secondary N) is 1. The number of hydrogen-bond acceptors (Lipinski definition) is 6. The average Bonchev–Trinajstić information content (AvgIpc) is 3.46. The Morgan fingerprint density at radius 2 is 1.89 bits per heavy atom. The van der Waals surface area contributed by atoms with E-state index >= 15 is 0 Å². The Labute approximate surface area is 212 Å². The van der Waals surface area contributed by atoms with E-state index in [2.05, 4.69) is 4.72 Å². The SMILES string of the molecule is COC1CN(C(=O)c2cc(C)ccc2C)CC1Oc1cccc(NS(=O)(=O)N2CCOC3(CC3)C2)c1. The number of ether oxygens (including phenoxy) is 3. The number of carbonyl (C=O) groups is 1. The van der Waals surface area contributed by atoms with Crippen LogP contribution in [0.2, 0.25) is 0 Å². The number of anilines is 1. The summed E-state index contributed by atoms with van der Waals surface area (Å²) in [6, 6.07) is 12.7. The van der Waals surface area contributed by atoms with Gasteiger partial charge in [0.2, 0.25) is 0 Å². The molecule has 1 spiro atoms. The molecule has 3 fully saturated rings. The van der Waals surface area contributed by atoms with Crippen LogP contribution in [0.4, 0.5) is 5.69 Å². The van der Waals surface area contributed by atoms with Gasteiger partial charge in [-0.15, -0.1) is 0 Å². The smallest absolute Gasteiger partial charge is 0.301 e. The van der Waals surface area contributed by atoms with Gasteiger partial charge in [0, 0.05) is 31.8 Å². The molecule has 10 heteroatoms. The lowest BCUT2D eigenvalue weighted by molar-refractivity contribution is -0.0199. The number of hydrogen-bond donors (Lipinski definition) is 1. The first-order chi connectivity index (χ1) is 17.2. The fourth-order valence-electron chi connectivity index (χ4n) is 4.86. The van der Waals surface area contributed by atoms with E-state index < -0.39 is 10.2 Å². The van der Waals surface area contributed by atoms with Crippen molar-refractivity contribution in [3.63, 3.8) is 0 Å². The topological polar surface area (TPSA) is 97.4 Å². The van der Waals surface area contributed by atoms with E-state index in [9.17, 15) is 13.2 Å². The van der Waals surface area contributed by atoms with Crippen LogP contribution in [0.5, 0.6) is 5.75 Å². The molecule has 0 bridgehead atoms. The Bertz CT molecular complexity index is 1250. The van der Waals surface area contributed by atoms with Crippen LogP contribution in [0.3, 0.4) is 0 Å². The molecule has 5 rings (SSSR count). The Morgan fingerprint density at radius 3 is 2.64 bits per heavy atom. The molecule has 36 heavy (non-hydrogen) atoms. The largest absolute Gasteiger partial charge is 0.486 e. The molecular formula is C26H33N3O6S. The van der Waals surface area contributed by atoms with Gasteiger partial charge >= 0.3 is 10.2 Å². The molecular weight excluding hydrogens is 482 g/mol. The van der Waals surface area contributed by atoms with Gasteiger partial charge < -0.3 is 19.1 Å². The summed E-state index contributed by atoms with van der Waals surface area (Å²) < 4.78 is 47.7. The zero-order chi connectivity index (χ0) is 25.5. The molecule has 3 aliphatic rings. The van der Waals surface area contributed by atoms with Crippen molar-refractivity contribution in [2.45, 2.75) is 44.5 Å². The molecule has 9 nitrogen and oxygen atoms in total. The standard InChI is InChI=1S/C26H33N3O6S/c1-18-7-8-19(2)22(13-18)25(30)28-15-23(33-3)24(16-28)35-21-6-4-5-20(14-21)27-36(31,32)29-11-12-34-26(17-29)9-10-26/h4-8,13-14,23-24,27H,9-12,15-17H2,1-3H3. The van der Waals surface area contributed by atoms with Crippen molar-refractivity contribution in [1.29, 1.82) is 0 Å². The molecule has 0 radical (unpaired) electrons. The van der Waals surface area contributed by atoms with E-state index in [1.807, 2.05) is 32.0 Å². The molecule has 1 saturated carbocycles. The summed E-state index contributed by atoms with van der Waals surface area (Å²) in [6.45, 7) is 5.79. The summed E-state index contributed by atoms with van der Waals surface area (Å²) in [5, 5.41) is 0. The van der Waals surface area contributed by atoms with Gasteiger partial charge in [0.25, 0.3) is 5.91 Å². The lowest BCUT2D eigenvalue weighted by Crippen LogP contribution is -2.48. The lowest BCUT2D eigenvalue weighted by Gasteiger charge is -2.32. The number of amides is 1. The third kappa shape index (κ3) is 5.22. The Balaban J connectivity index is 1.26. The number of carbonyl (C=O) groups excluding carboxylic acids is 1. The van der Waals surface area contributed by atoms with Crippen LogP contribution >= 0.6 is 0 Å². The lowest BCUT2D eigenvalue weighted by atomic mass is 10.0. The molecule has 1 N–H and O–H groups in total. The predicted octanol–water partition coefficient (Wildman–Crippen LogP) is 2.74. The maximum Gasteiger partial charge on any atom is 0.301 e. The van der Waals surface area contributed by atoms with Crippen LogP contribution in [0.15, 0.2) is 42.5 Å². The van der Waals surface area contributed by atoms with Crippen LogP contribution in [0.25, 0.3) is 0 Å². The first kappa shape index (κ1) is 25.0. The van der Waals surface area contributed by atoms with E-state index in [1.165, 1.54) is 4.31 Å². The molecule has 0 aromatic heterocycles. The molecule has 2 unspecified atom stereocenters. The molecule has 2 atom stereocenters. The zero-order valence-electron chi connectivity index (χ0n) is 20.9. The summed E-state index contributed by atoms with van der Waals surface area (Å²) in [5.74, 6) is 0.453. The second-order valence-corrected chi connectivity index (χ2v) is 11.6. The first-order valence-corrected chi connectivity index (χ1v) is 13.7. The van der Waals surface area contributed by atoms with Gasteiger partial charge in [-0.1, -0.05) is 23.8 Å². The highest BCUT2D eigenvalue weighted by atomic mass is 32.2. The minimum atomic E-state index is -3.71. The van der Waals surface area contributed by atoms with Crippen molar-refractivity contribution in [3.05, 3.63) is 59.2 Å². The van der Waals surface area contributed by atoms with Crippen LogP contribution in [0.1, 0.15) is 34.3 Å². The quantitative estimate of drug-likeness (QED) is 0.609. The molecule has 2 aliphatic heterocycles. The Morgan fingerprint density at radius 1 is 1.11 bits per heavy atom.